The molecule has 0 spiro atoms. The van der Waals surface area contributed by atoms with Gasteiger partial charge in [0.15, 0.2) is 0 Å². The Morgan fingerprint density at radius 2 is 1.76 bits per heavy atom. The number of hydrogen-bond acceptors (Lipinski definition) is 2. The van der Waals surface area contributed by atoms with Crippen LogP contribution in [0.3, 0.4) is 0 Å². The number of nitrogens with zero attached hydrogens (tertiary/aromatic N) is 1. The van der Waals surface area contributed by atoms with E-state index in [4.69, 9.17) is 4.74 Å². The fraction of sp³-hybridized carbons (Fsp3) is 0.611. The Bertz CT molecular complexity index is 461. The van der Waals surface area contributed by atoms with Gasteiger partial charge in [-0.2, -0.15) is 0 Å². The Morgan fingerprint density at radius 3 is 2.38 bits per heavy atom. The van der Waals surface area contributed by atoms with Crippen molar-refractivity contribution >= 4 is 6.09 Å². The lowest BCUT2D eigenvalue weighted by molar-refractivity contribution is 0.0751. The molecule has 1 aliphatic carbocycles. The van der Waals surface area contributed by atoms with Gasteiger partial charge in [-0.15, -0.1) is 0 Å². The van der Waals surface area contributed by atoms with Crippen molar-refractivity contribution in [2.75, 3.05) is 13.1 Å². The average molecular weight is 287 g/mol. The number of hydrogen-bond donors (Lipinski definition) is 0. The number of piperidine rings is 1. The summed E-state index contributed by atoms with van der Waals surface area (Å²) in [6, 6.07) is 9.87. The topological polar surface area (TPSA) is 29.5 Å². The number of rotatable bonds is 4. The fourth-order valence-corrected chi connectivity index (χ4v) is 3.43. The predicted molar refractivity (Wildman–Crippen MR) is 82.8 cm³/mol. The highest BCUT2D eigenvalue weighted by molar-refractivity contribution is 5.67. The van der Waals surface area contributed by atoms with Crippen molar-refractivity contribution in [1.29, 1.82) is 0 Å². The lowest BCUT2D eigenvalue weighted by Gasteiger charge is -2.34. The van der Waals surface area contributed by atoms with Crippen molar-refractivity contribution in [2.45, 2.75) is 39.2 Å². The molecule has 1 aromatic rings. The number of likely N-dealkylation sites (tertiary alicyclic amines) is 1. The van der Waals surface area contributed by atoms with Gasteiger partial charge in [-0.3, -0.25) is 0 Å². The molecular formula is C18H25NO2. The van der Waals surface area contributed by atoms with Gasteiger partial charge in [0.1, 0.15) is 6.61 Å². The first-order valence-corrected chi connectivity index (χ1v) is 8.19. The molecule has 1 aliphatic heterocycles. The Kier molecular flexibility index (Phi) is 4.47. The highest BCUT2D eigenvalue weighted by Crippen LogP contribution is 2.43. The van der Waals surface area contributed by atoms with Gasteiger partial charge in [0.25, 0.3) is 0 Å². The van der Waals surface area contributed by atoms with Crippen LogP contribution in [0.5, 0.6) is 0 Å². The first-order valence-electron chi connectivity index (χ1n) is 8.19. The number of ether oxygens (including phenoxy) is 1. The fourth-order valence-electron chi connectivity index (χ4n) is 3.43. The molecule has 0 radical (unpaired) electrons. The molecule has 1 aromatic carbocycles. The van der Waals surface area contributed by atoms with E-state index in [9.17, 15) is 4.79 Å². The molecule has 1 saturated carbocycles. The molecule has 1 unspecified atom stereocenters. The Labute approximate surface area is 127 Å². The van der Waals surface area contributed by atoms with Crippen LogP contribution < -0.4 is 0 Å². The second kappa shape index (κ2) is 6.50. The highest BCUT2D eigenvalue weighted by Gasteiger charge is 2.35. The molecule has 114 valence electrons. The Balaban J connectivity index is 1.42. The summed E-state index contributed by atoms with van der Waals surface area (Å²) in [4.78, 5) is 14.0. The average Bonchev–Trinajstić information content (AvgIpc) is 3.38. The SMILES string of the molecule is CC(C1CC1)C1CCN(C(=O)OCc2ccccc2)CC1. The van der Waals surface area contributed by atoms with Crippen molar-refractivity contribution in [3.05, 3.63) is 35.9 Å². The minimum atomic E-state index is -0.156. The summed E-state index contributed by atoms with van der Waals surface area (Å²) in [6.07, 6.45) is 4.95. The van der Waals surface area contributed by atoms with E-state index < -0.39 is 0 Å². The summed E-state index contributed by atoms with van der Waals surface area (Å²) in [5.74, 6) is 2.61. The predicted octanol–water partition coefficient (Wildman–Crippen LogP) is 4.08. The summed E-state index contributed by atoms with van der Waals surface area (Å²) < 4.78 is 5.41. The van der Waals surface area contributed by atoms with E-state index in [1.807, 2.05) is 35.2 Å². The number of carbonyl (C=O) groups is 1. The first-order chi connectivity index (χ1) is 10.2. The van der Waals surface area contributed by atoms with Crippen molar-refractivity contribution in [3.8, 4) is 0 Å². The third kappa shape index (κ3) is 3.78. The van der Waals surface area contributed by atoms with Crippen LogP contribution in [-0.4, -0.2) is 24.1 Å². The van der Waals surface area contributed by atoms with E-state index in [0.717, 1.165) is 49.2 Å². The summed E-state index contributed by atoms with van der Waals surface area (Å²) in [5.41, 5.74) is 1.04. The van der Waals surface area contributed by atoms with Crippen molar-refractivity contribution in [2.24, 2.45) is 17.8 Å². The third-order valence-corrected chi connectivity index (χ3v) is 5.11. The maximum Gasteiger partial charge on any atom is 0.410 e. The lowest BCUT2D eigenvalue weighted by Crippen LogP contribution is -2.40. The quantitative estimate of drug-likeness (QED) is 0.835. The molecule has 1 atom stereocenters. The normalized spacial score (nSPS) is 21.1. The second-order valence-electron chi connectivity index (χ2n) is 6.56. The third-order valence-electron chi connectivity index (χ3n) is 5.11. The molecule has 1 saturated heterocycles. The molecule has 2 aliphatic rings. The highest BCUT2D eigenvalue weighted by atomic mass is 16.6. The second-order valence-corrected chi connectivity index (χ2v) is 6.56. The molecule has 0 bridgehead atoms. The van der Waals surface area contributed by atoms with E-state index >= 15 is 0 Å². The summed E-state index contributed by atoms with van der Waals surface area (Å²) in [7, 11) is 0. The van der Waals surface area contributed by atoms with Crippen LogP contribution in [0.2, 0.25) is 0 Å². The van der Waals surface area contributed by atoms with Crippen molar-refractivity contribution in [3.63, 3.8) is 0 Å². The molecule has 1 heterocycles. The van der Waals surface area contributed by atoms with Crippen LogP contribution in [0.1, 0.15) is 38.2 Å². The smallest absolute Gasteiger partial charge is 0.410 e. The number of carbonyl (C=O) groups excluding carboxylic acids is 1. The largest absolute Gasteiger partial charge is 0.445 e. The van der Waals surface area contributed by atoms with Gasteiger partial charge in [0.2, 0.25) is 0 Å². The zero-order valence-corrected chi connectivity index (χ0v) is 12.8. The van der Waals surface area contributed by atoms with E-state index in [1.165, 1.54) is 12.8 Å². The van der Waals surface area contributed by atoms with Gasteiger partial charge in [0.05, 0.1) is 0 Å². The van der Waals surface area contributed by atoms with Gasteiger partial charge in [0, 0.05) is 13.1 Å². The zero-order chi connectivity index (χ0) is 14.7. The molecule has 3 heteroatoms. The molecule has 2 fully saturated rings. The minimum absolute atomic E-state index is 0.156. The molecule has 3 rings (SSSR count). The molecule has 3 nitrogen and oxygen atoms in total. The van der Waals surface area contributed by atoms with E-state index in [-0.39, 0.29) is 6.09 Å². The molecule has 0 aromatic heterocycles. The van der Waals surface area contributed by atoms with Crippen LogP contribution >= 0.6 is 0 Å². The maximum atomic E-state index is 12.1. The Morgan fingerprint density at radius 1 is 1.14 bits per heavy atom. The van der Waals surface area contributed by atoms with Gasteiger partial charge in [-0.05, 0) is 49.0 Å². The monoisotopic (exact) mass is 287 g/mol. The summed E-state index contributed by atoms with van der Waals surface area (Å²) in [6.45, 7) is 4.48. The van der Waals surface area contributed by atoms with Crippen LogP contribution in [0.25, 0.3) is 0 Å². The Hall–Kier alpha value is -1.51. The minimum Gasteiger partial charge on any atom is -0.445 e. The summed E-state index contributed by atoms with van der Waals surface area (Å²) >= 11 is 0. The van der Waals surface area contributed by atoms with E-state index in [0.29, 0.717) is 6.61 Å². The standard InChI is InChI=1S/C18H25NO2/c1-14(16-7-8-16)17-9-11-19(12-10-17)18(20)21-13-15-5-3-2-4-6-15/h2-6,14,16-17H,7-13H2,1H3. The van der Waals surface area contributed by atoms with Gasteiger partial charge in [-0.1, -0.05) is 37.3 Å². The molecule has 0 N–H and O–H groups in total. The van der Waals surface area contributed by atoms with E-state index in [2.05, 4.69) is 6.92 Å². The van der Waals surface area contributed by atoms with Crippen molar-refractivity contribution in [1.82, 2.24) is 4.90 Å². The first kappa shape index (κ1) is 14.4. The number of amides is 1. The van der Waals surface area contributed by atoms with E-state index in [1.54, 1.807) is 0 Å². The molecule has 21 heavy (non-hydrogen) atoms. The lowest BCUT2D eigenvalue weighted by atomic mass is 9.83. The van der Waals surface area contributed by atoms with Crippen molar-refractivity contribution < 1.29 is 9.53 Å². The number of benzene rings is 1. The van der Waals surface area contributed by atoms with Crippen LogP contribution in [0.15, 0.2) is 30.3 Å². The van der Waals surface area contributed by atoms with Crippen LogP contribution in [-0.2, 0) is 11.3 Å². The van der Waals surface area contributed by atoms with Crippen LogP contribution in [0.4, 0.5) is 4.79 Å². The van der Waals surface area contributed by atoms with Gasteiger partial charge in [-0.25, -0.2) is 4.79 Å². The summed E-state index contributed by atoms with van der Waals surface area (Å²) in [5, 5.41) is 0. The molecular weight excluding hydrogens is 262 g/mol. The maximum absolute atomic E-state index is 12.1. The molecule has 1 amide bonds. The van der Waals surface area contributed by atoms with Gasteiger partial charge < -0.3 is 9.64 Å². The van der Waals surface area contributed by atoms with Crippen LogP contribution in [0, 0.1) is 17.8 Å². The van der Waals surface area contributed by atoms with Gasteiger partial charge >= 0.3 is 6.09 Å². The zero-order valence-electron chi connectivity index (χ0n) is 12.8.